The molecule has 0 aliphatic carbocycles. The minimum Gasteiger partial charge on any atom is -0.341 e. The number of hydrogen-bond donors (Lipinski definition) is 1. The first-order chi connectivity index (χ1) is 8.56. The quantitative estimate of drug-likeness (QED) is 0.802. The van der Waals surface area contributed by atoms with Gasteiger partial charge in [-0.1, -0.05) is 20.8 Å². The smallest absolute Gasteiger partial charge is 0.225 e. The van der Waals surface area contributed by atoms with Crippen LogP contribution in [0.5, 0.6) is 0 Å². The van der Waals surface area contributed by atoms with Crippen molar-refractivity contribution >= 4 is 5.91 Å². The summed E-state index contributed by atoms with van der Waals surface area (Å²) in [6.45, 7) is 12.0. The van der Waals surface area contributed by atoms with Crippen molar-refractivity contribution < 1.29 is 4.79 Å². The molecule has 1 aliphatic rings. The third-order valence-electron chi connectivity index (χ3n) is 3.97. The normalized spacial score (nSPS) is 19.9. The molecule has 0 bridgehead atoms. The Kier molecular flexibility index (Phi) is 6.65. The highest BCUT2D eigenvalue weighted by Gasteiger charge is 2.24. The Morgan fingerprint density at radius 1 is 1.17 bits per heavy atom. The number of nitrogens with zero attached hydrogens (tertiary/aromatic N) is 2. The van der Waals surface area contributed by atoms with E-state index < -0.39 is 0 Å². The average Bonchev–Trinajstić information content (AvgIpc) is 2.59. The van der Waals surface area contributed by atoms with Crippen LogP contribution >= 0.6 is 0 Å². The molecular formula is C14H29N3O. The van der Waals surface area contributed by atoms with Crippen LogP contribution < -0.4 is 5.73 Å². The van der Waals surface area contributed by atoms with Crippen molar-refractivity contribution in [1.82, 2.24) is 9.80 Å². The molecule has 0 saturated carbocycles. The zero-order chi connectivity index (χ0) is 13.5. The monoisotopic (exact) mass is 255 g/mol. The summed E-state index contributed by atoms with van der Waals surface area (Å²) in [6.07, 6.45) is 2.14. The first kappa shape index (κ1) is 15.4. The van der Waals surface area contributed by atoms with E-state index in [0.29, 0.717) is 11.8 Å². The van der Waals surface area contributed by atoms with Gasteiger partial charge in [-0.3, -0.25) is 4.79 Å². The minimum atomic E-state index is 0.139. The zero-order valence-corrected chi connectivity index (χ0v) is 12.2. The Morgan fingerprint density at radius 3 is 2.50 bits per heavy atom. The van der Waals surface area contributed by atoms with E-state index in [1.54, 1.807) is 0 Å². The van der Waals surface area contributed by atoms with E-state index in [0.717, 1.165) is 52.1 Å². The Balaban J connectivity index is 2.43. The van der Waals surface area contributed by atoms with Gasteiger partial charge < -0.3 is 15.5 Å². The van der Waals surface area contributed by atoms with Crippen molar-refractivity contribution in [2.45, 2.75) is 33.6 Å². The first-order valence-corrected chi connectivity index (χ1v) is 7.27. The van der Waals surface area contributed by atoms with Gasteiger partial charge in [0.1, 0.15) is 0 Å². The van der Waals surface area contributed by atoms with E-state index in [9.17, 15) is 4.79 Å². The SMILES string of the molecule is CC(C)C(C)C(=O)N1CCCN(CCCN)CC1. The molecule has 1 atom stereocenters. The maximum absolute atomic E-state index is 12.3. The lowest BCUT2D eigenvalue weighted by Crippen LogP contribution is -2.39. The van der Waals surface area contributed by atoms with Crippen molar-refractivity contribution in [2.75, 3.05) is 39.3 Å². The fourth-order valence-corrected chi connectivity index (χ4v) is 2.30. The van der Waals surface area contributed by atoms with Crippen LogP contribution in [0.1, 0.15) is 33.6 Å². The van der Waals surface area contributed by atoms with Gasteiger partial charge in [0.05, 0.1) is 0 Å². The van der Waals surface area contributed by atoms with Gasteiger partial charge in [0, 0.05) is 25.6 Å². The lowest BCUT2D eigenvalue weighted by atomic mass is 9.96. The topological polar surface area (TPSA) is 49.6 Å². The summed E-state index contributed by atoms with van der Waals surface area (Å²) in [4.78, 5) is 16.8. The molecule has 1 fully saturated rings. The number of hydrogen-bond acceptors (Lipinski definition) is 3. The number of carbonyl (C=O) groups is 1. The summed E-state index contributed by atoms with van der Waals surface area (Å²) in [5, 5.41) is 0. The van der Waals surface area contributed by atoms with Crippen molar-refractivity contribution in [2.24, 2.45) is 17.6 Å². The third-order valence-corrected chi connectivity index (χ3v) is 3.97. The largest absolute Gasteiger partial charge is 0.341 e. The van der Waals surface area contributed by atoms with E-state index in [2.05, 4.69) is 18.7 Å². The van der Waals surface area contributed by atoms with Crippen LogP contribution in [0.15, 0.2) is 0 Å². The Morgan fingerprint density at radius 2 is 1.89 bits per heavy atom. The van der Waals surface area contributed by atoms with Crippen LogP contribution in [0, 0.1) is 11.8 Å². The molecule has 0 radical (unpaired) electrons. The molecule has 106 valence electrons. The molecule has 1 rings (SSSR count). The van der Waals surface area contributed by atoms with Crippen LogP contribution in [0.4, 0.5) is 0 Å². The molecule has 4 heteroatoms. The van der Waals surface area contributed by atoms with E-state index in [1.165, 1.54) is 0 Å². The van der Waals surface area contributed by atoms with Crippen molar-refractivity contribution in [3.8, 4) is 0 Å². The van der Waals surface area contributed by atoms with Gasteiger partial charge in [-0.25, -0.2) is 0 Å². The molecule has 0 aromatic carbocycles. The standard InChI is InChI=1S/C14H29N3O/c1-12(2)13(3)14(18)17-9-5-8-16(10-11-17)7-4-6-15/h12-13H,4-11,15H2,1-3H3. The van der Waals surface area contributed by atoms with Crippen molar-refractivity contribution in [3.63, 3.8) is 0 Å². The molecule has 1 amide bonds. The second-order valence-corrected chi connectivity index (χ2v) is 5.70. The Labute approximate surface area is 111 Å². The molecule has 0 spiro atoms. The summed E-state index contributed by atoms with van der Waals surface area (Å²) in [7, 11) is 0. The molecule has 4 nitrogen and oxygen atoms in total. The highest BCUT2D eigenvalue weighted by molar-refractivity contribution is 5.78. The summed E-state index contributed by atoms with van der Waals surface area (Å²) in [5.41, 5.74) is 5.54. The summed E-state index contributed by atoms with van der Waals surface area (Å²) < 4.78 is 0. The zero-order valence-electron chi connectivity index (χ0n) is 12.2. The van der Waals surface area contributed by atoms with Crippen LogP contribution in [0.3, 0.4) is 0 Å². The van der Waals surface area contributed by atoms with Crippen molar-refractivity contribution in [3.05, 3.63) is 0 Å². The number of nitrogens with two attached hydrogens (primary N) is 1. The third kappa shape index (κ3) is 4.58. The fraction of sp³-hybridized carbons (Fsp3) is 0.929. The molecule has 0 aromatic rings. The van der Waals surface area contributed by atoms with E-state index >= 15 is 0 Å². The van der Waals surface area contributed by atoms with Gasteiger partial charge in [0.25, 0.3) is 0 Å². The van der Waals surface area contributed by atoms with Gasteiger partial charge in [0.15, 0.2) is 0 Å². The molecule has 18 heavy (non-hydrogen) atoms. The predicted molar refractivity (Wildman–Crippen MR) is 75.3 cm³/mol. The van der Waals surface area contributed by atoms with Crippen LogP contribution in [0.25, 0.3) is 0 Å². The predicted octanol–water partition coefficient (Wildman–Crippen LogP) is 1.16. The minimum absolute atomic E-state index is 0.139. The molecular weight excluding hydrogens is 226 g/mol. The fourth-order valence-electron chi connectivity index (χ4n) is 2.30. The van der Waals surface area contributed by atoms with Crippen LogP contribution in [0.2, 0.25) is 0 Å². The Bertz CT molecular complexity index is 255. The second kappa shape index (κ2) is 7.74. The van der Waals surface area contributed by atoms with Gasteiger partial charge >= 0.3 is 0 Å². The molecule has 1 saturated heterocycles. The first-order valence-electron chi connectivity index (χ1n) is 7.27. The van der Waals surface area contributed by atoms with E-state index in [1.807, 2.05) is 11.8 Å². The second-order valence-electron chi connectivity index (χ2n) is 5.70. The summed E-state index contributed by atoms with van der Waals surface area (Å²) >= 11 is 0. The molecule has 1 unspecified atom stereocenters. The Hall–Kier alpha value is -0.610. The van der Waals surface area contributed by atoms with Gasteiger partial charge in [0.2, 0.25) is 5.91 Å². The number of amides is 1. The molecule has 0 aromatic heterocycles. The molecule has 1 heterocycles. The lowest BCUT2D eigenvalue weighted by molar-refractivity contribution is -0.136. The van der Waals surface area contributed by atoms with Gasteiger partial charge in [-0.05, 0) is 38.4 Å². The van der Waals surface area contributed by atoms with Crippen LogP contribution in [-0.4, -0.2) is 55.0 Å². The average molecular weight is 255 g/mol. The van der Waals surface area contributed by atoms with Crippen LogP contribution in [-0.2, 0) is 4.79 Å². The molecule has 1 aliphatic heterocycles. The van der Waals surface area contributed by atoms with E-state index in [-0.39, 0.29) is 5.92 Å². The highest BCUT2D eigenvalue weighted by Crippen LogP contribution is 2.15. The van der Waals surface area contributed by atoms with Crippen molar-refractivity contribution in [1.29, 1.82) is 0 Å². The number of rotatable bonds is 5. The maximum Gasteiger partial charge on any atom is 0.225 e. The summed E-state index contributed by atoms with van der Waals surface area (Å²) in [5.74, 6) is 0.889. The number of carbonyl (C=O) groups excluding carboxylic acids is 1. The van der Waals surface area contributed by atoms with E-state index in [4.69, 9.17) is 5.73 Å². The molecule has 2 N–H and O–H groups in total. The lowest BCUT2D eigenvalue weighted by Gasteiger charge is -2.26. The van der Waals surface area contributed by atoms with Gasteiger partial charge in [-0.15, -0.1) is 0 Å². The highest BCUT2D eigenvalue weighted by atomic mass is 16.2. The summed E-state index contributed by atoms with van der Waals surface area (Å²) in [6, 6.07) is 0. The maximum atomic E-state index is 12.3. The van der Waals surface area contributed by atoms with Gasteiger partial charge in [-0.2, -0.15) is 0 Å².